The van der Waals surface area contributed by atoms with Gasteiger partial charge < -0.3 is 16.2 Å². The molecule has 2 atom stereocenters. The van der Waals surface area contributed by atoms with Crippen LogP contribution < -0.4 is 11.1 Å². The van der Waals surface area contributed by atoms with Crippen molar-refractivity contribution in [3.63, 3.8) is 0 Å². The third kappa shape index (κ3) is 5.41. The summed E-state index contributed by atoms with van der Waals surface area (Å²) >= 11 is 4.98. The lowest BCUT2D eigenvalue weighted by molar-refractivity contribution is -0.120. The summed E-state index contributed by atoms with van der Waals surface area (Å²) in [6, 6.07) is 6.87. The number of rotatable bonds is 7. The second-order valence-electron chi connectivity index (χ2n) is 5.19. The number of aliphatic hydroxyl groups is 1. The summed E-state index contributed by atoms with van der Waals surface area (Å²) in [6.45, 7) is 4.20. The number of hydrogen-bond donors (Lipinski definition) is 3. The van der Waals surface area contributed by atoms with Crippen LogP contribution in [0.1, 0.15) is 25.8 Å². The predicted molar refractivity (Wildman–Crippen MR) is 89.3 cm³/mol. The minimum Gasteiger partial charge on any atom is -0.393 e. The first-order valence-electron chi connectivity index (χ1n) is 6.91. The number of nitrogens with two attached hydrogens (primary N) is 1. The molecule has 1 aromatic rings. The van der Waals surface area contributed by atoms with E-state index in [2.05, 4.69) is 5.32 Å². The quantitative estimate of drug-likeness (QED) is 0.663. The Balaban J connectivity index is 2.70. The normalized spacial score (nSPS) is 13.8. The molecule has 0 heterocycles. The number of hydrogen-bond acceptors (Lipinski definition) is 4. The van der Waals surface area contributed by atoms with Gasteiger partial charge >= 0.3 is 0 Å². The van der Waals surface area contributed by atoms with Crippen molar-refractivity contribution in [2.75, 3.05) is 18.9 Å². The molecule has 0 bridgehead atoms. The van der Waals surface area contributed by atoms with Crippen LogP contribution in [-0.2, 0) is 4.79 Å². The van der Waals surface area contributed by atoms with Crippen LogP contribution in [0.4, 0.5) is 5.69 Å². The van der Waals surface area contributed by atoms with Gasteiger partial charge in [-0.15, -0.1) is 0 Å². The average Bonchev–Trinajstić information content (AvgIpc) is 2.44. The molecule has 0 saturated heterocycles. The fraction of sp³-hybridized carbons (Fsp3) is 0.467. The zero-order chi connectivity index (χ0) is 16.0. The van der Waals surface area contributed by atoms with Crippen LogP contribution in [0.2, 0.25) is 0 Å². The Bertz CT molecular complexity index is 505. The fourth-order valence-electron chi connectivity index (χ4n) is 1.83. The van der Waals surface area contributed by atoms with Crippen molar-refractivity contribution in [2.45, 2.75) is 32.4 Å². The molecule has 0 saturated carbocycles. The van der Waals surface area contributed by atoms with Crippen molar-refractivity contribution in [1.82, 2.24) is 4.90 Å². The number of nitrogens with zero attached hydrogens (tertiary/aromatic N) is 1. The molecule has 6 heteroatoms. The van der Waals surface area contributed by atoms with Gasteiger partial charge in [-0.2, -0.15) is 0 Å². The number of para-hydroxylation sites is 1. The van der Waals surface area contributed by atoms with Crippen molar-refractivity contribution < 1.29 is 9.90 Å². The maximum atomic E-state index is 12.3. The highest BCUT2D eigenvalue weighted by atomic mass is 32.1. The SMILES string of the molecule is CC(O)CCN(C)C(C)C(=O)Nc1ccccc1C(N)=S. The van der Waals surface area contributed by atoms with Gasteiger partial charge in [-0.05, 0) is 39.4 Å². The molecule has 4 N–H and O–H groups in total. The van der Waals surface area contributed by atoms with Crippen LogP contribution in [0.25, 0.3) is 0 Å². The largest absolute Gasteiger partial charge is 0.393 e. The van der Waals surface area contributed by atoms with Crippen molar-refractivity contribution >= 4 is 28.8 Å². The zero-order valence-corrected chi connectivity index (χ0v) is 13.5. The number of nitrogens with one attached hydrogen (secondary N) is 1. The van der Waals surface area contributed by atoms with Crippen molar-refractivity contribution in [1.29, 1.82) is 0 Å². The fourth-order valence-corrected chi connectivity index (χ4v) is 2.01. The first-order chi connectivity index (χ1) is 9.82. The smallest absolute Gasteiger partial charge is 0.241 e. The molecular weight excluding hydrogens is 286 g/mol. The molecule has 0 aliphatic carbocycles. The van der Waals surface area contributed by atoms with E-state index in [-0.39, 0.29) is 23.0 Å². The number of amides is 1. The highest BCUT2D eigenvalue weighted by molar-refractivity contribution is 7.80. The van der Waals surface area contributed by atoms with E-state index in [0.717, 1.165) is 0 Å². The lowest BCUT2D eigenvalue weighted by Crippen LogP contribution is -2.41. The van der Waals surface area contributed by atoms with Gasteiger partial charge in [-0.3, -0.25) is 9.69 Å². The highest BCUT2D eigenvalue weighted by Crippen LogP contribution is 2.15. The van der Waals surface area contributed by atoms with Gasteiger partial charge in [-0.25, -0.2) is 0 Å². The molecular formula is C15H23N3O2S. The summed E-state index contributed by atoms with van der Waals surface area (Å²) in [6.07, 6.45) is 0.246. The van der Waals surface area contributed by atoms with Gasteiger partial charge in [0.2, 0.25) is 5.91 Å². The van der Waals surface area contributed by atoms with Crippen molar-refractivity contribution in [3.05, 3.63) is 29.8 Å². The molecule has 1 aromatic carbocycles. The van der Waals surface area contributed by atoms with Crippen molar-refractivity contribution in [2.24, 2.45) is 5.73 Å². The predicted octanol–water partition coefficient (Wildman–Crippen LogP) is 1.35. The summed E-state index contributed by atoms with van der Waals surface area (Å²) < 4.78 is 0. The van der Waals surface area contributed by atoms with Crippen LogP contribution in [-0.4, -0.2) is 46.6 Å². The summed E-state index contributed by atoms with van der Waals surface area (Å²) in [5, 5.41) is 12.1. The van der Waals surface area contributed by atoms with E-state index in [1.54, 1.807) is 19.1 Å². The minimum absolute atomic E-state index is 0.133. The molecule has 1 rings (SSSR count). The molecule has 2 unspecified atom stereocenters. The molecule has 0 aromatic heterocycles. The second kappa shape index (κ2) is 8.07. The molecule has 0 aliphatic heterocycles. The minimum atomic E-state index is -0.377. The summed E-state index contributed by atoms with van der Waals surface area (Å²) in [5.74, 6) is -0.133. The lowest BCUT2D eigenvalue weighted by Gasteiger charge is -2.24. The maximum absolute atomic E-state index is 12.3. The molecule has 0 spiro atoms. The molecule has 5 nitrogen and oxygen atoms in total. The van der Waals surface area contributed by atoms with E-state index < -0.39 is 0 Å². The Hall–Kier alpha value is -1.50. The van der Waals surface area contributed by atoms with Gasteiger partial charge in [0.25, 0.3) is 0 Å². The van der Waals surface area contributed by atoms with E-state index in [9.17, 15) is 9.90 Å². The Morgan fingerprint density at radius 2 is 2.05 bits per heavy atom. The van der Waals surface area contributed by atoms with E-state index in [1.165, 1.54) is 0 Å². The Labute approximate surface area is 131 Å². The number of likely N-dealkylation sites (N-methyl/N-ethyl adjacent to an activating group) is 1. The number of carbonyl (C=O) groups is 1. The Morgan fingerprint density at radius 3 is 2.62 bits per heavy atom. The third-order valence-corrected chi connectivity index (χ3v) is 3.61. The molecule has 0 radical (unpaired) electrons. The van der Waals surface area contributed by atoms with E-state index >= 15 is 0 Å². The van der Waals surface area contributed by atoms with Crippen LogP contribution in [0.15, 0.2) is 24.3 Å². The molecule has 116 valence electrons. The van der Waals surface area contributed by atoms with Crippen molar-refractivity contribution in [3.8, 4) is 0 Å². The Kier molecular flexibility index (Phi) is 6.74. The van der Waals surface area contributed by atoms with Crippen LogP contribution in [0.3, 0.4) is 0 Å². The van der Waals surface area contributed by atoms with Crippen LogP contribution >= 0.6 is 12.2 Å². The highest BCUT2D eigenvalue weighted by Gasteiger charge is 2.19. The van der Waals surface area contributed by atoms with Crippen LogP contribution in [0.5, 0.6) is 0 Å². The maximum Gasteiger partial charge on any atom is 0.241 e. The van der Waals surface area contributed by atoms with E-state index in [1.807, 2.05) is 31.0 Å². The topological polar surface area (TPSA) is 78.6 Å². The average molecular weight is 309 g/mol. The number of anilines is 1. The van der Waals surface area contributed by atoms with E-state index in [0.29, 0.717) is 24.2 Å². The number of thiocarbonyl (C=S) groups is 1. The Morgan fingerprint density at radius 1 is 1.43 bits per heavy atom. The summed E-state index contributed by atoms with van der Waals surface area (Å²) in [5.41, 5.74) is 6.92. The molecule has 21 heavy (non-hydrogen) atoms. The summed E-state index contributed by atoms with van der Waals surface area (Å²) in [4.78, 5) is 14.4. The first kappa shape index (κ1) is 17.6. The monoisotopic (exact) mass is 309 g/mol. The number of carbonyl (C=O) groups excluding carboxylic acids is 1. The summed E-state index contributed by atoms with van der Waals surface area (Å²) in [7, 11) is 1.85. The van der Waals surface area contributed by atoms with Gasteiger partial charge in [0.05, 0.1) is 17.8 Å². The zero-order valence-electron chi connectivity index (χ0n) is 12.7. The van der Waals surface area contributed by atoms with Gasteiger partial charge in [0.15, 0.2) is 0 Å². The standard InChI is InChI=1S/C15H23N3O2S/c1-10(19)8-9-18(3)11(2)15(20)17-13-7-5-4-6-12(13)14(16)21/h4-7,10-11,19H,8-9H2,1-3H3,(H2,16,21)(H,17,20). The van der Waals surface area contributed by atoms with Gasteiger partial charge in [0, 0.05) is 12.1 Å². The molecule has 0 aliphatic rings. The number of aliphatic hydroxyl groups excluding tert-OH is 1. The first-order valence-corrected chi connectivity index (χ1v) is 7.31. The second-order valence-corrected chi connectivity index (χ2v) is 5.63. The van der Waals surface area contributed by atoms with Gasteiger partial charge in [-0.1, -0.05) is 24.4 Å². The lowest BCUT2D eigenvalue weighted by atomic mass is 10.1. The third-order valence-electron chi connectivity index (χ3n) is 3.39. The van der Waals surface area contributed by atoms with E-state index in [4.69, 9.17) is 18.0 Å². The van der Waals surface area contributed by atoms with Gasteiger partial charge in [0.1, 0.15) is 4.99 Å². The molecule has 0 fully saturated rings. The van der Waals surface area contributed by atoms with Crippen LogP contribution in [0, 0.1) is 0 Å². The molecule has 1 amide bonds. The number of benzene rings is 1.